The molecule has 2 aromatic rings. The highest BCUT2D eigenvalue weighted by Crippen LogP contribution is 2.50. The third-order valence-corrected chi connectivity index (χ3v) is 4.52. The largest absolute Gasteiger partial charge is 0.335 e. The molecule has 1 saturated carbocycles. The van der Waals surface area contributed by atoms with Gasteiger partial charge in [-0.25, -0.2) is 4.98 Å². The summed E-state index contributed by atoms with van der Waals surface area (Å²) >= 11 is 0. The quantitative estimate of drug-likeness (QED) is 0.876. The fourth-order valence-corrected chi connectivity index (χ4v) is 3.14. The van der Waals surface area contributed by atoms with Crippen molar-refractivity contribution < 1.29 is 0 Å². The van der Waals surface area contributed by atoms with Crippen LogP contribution in [0.15, 0.2) is 42.7 Å². The SMILES string of the molecule is CCCn1ccnc1CC(N)C1(c2ccccc2)CC1. The Kier molecular flexibility index (Phi) is 3.62. The van der Waals surface area contributed by atoms with Gasteiger partial charge in [-0.05, 0) is 24.8 Å². The number of aromatic nitrogens is 2. The zero-order chi connectivity index (χ0) is 14.0. The molecule has 0 spiro atoms. The fraction of sp³-hybridized carbons (Fsp3) is 0.471. The zero-order valence-corrected chi connectivity index (χ0v) is 12.1. The Bertz CT molecular complexity index is 555. The monoisotopic (exact) mass is 269 g/mol. The van der Waals surface area contributed by atoms with E-state index in [2.05, 4.69) is 53.0 Å². The van der Waals surface area contributed by atoms with Gasteiger partial charge < -0.3 is 10.3 Å². The molecule has 1 aliphatic rings. The van der Waals surface area contributed by atoms with E-state index in [0.717, 1.165) is 25.2 Å². The lowest BCUT2D eigenvalue weighted by Gasteiger charge is -2.24. The lowest BCUT2D eigenvalue weighted by Crippen LogP contribution is -2.37. The van der Waals surface area contributed by atoms with E-state index in [4.69, 9.17) is 5.73 Å². The Morgan fingerprint density at radius 2 is 2.05 bits per heavy atom. The number of hydrogen-bond donors (Lipinski definition) is 1. The number of hydrogen-bond acceptors (Lipinski definition) is 2. The summed E-state index contributed by atoms with van der Waals surface area (Å²) in [4.78, 5) is 4.49. The Hall–Kier alpha value is -1.61. The topological polar surface area (TPSA) is 43.8 Å². The van der Waals surface area contributed by atoms with Gasteiger partial charge in [-0.2, -0.15) is 0 Å². The Balaban J connectivity index is 1.76. The molecule has 2 N–H and O–H groups in total. The third-order valence-electron chi connectivity index (χ3n) is 4.52. The molecule has 3 heteroatoms. The maximum Gasteiger partial charge on any atom is 0.110 e. The lowest BCUT2D eigenvalue weighted by molar-refractivity contribution is 0.489. The maximum absolute atomic E-state index is 6.55. The maximum atomic E-state index is 6.55. The van der Waals surface area contributed by atoms with Crippen molar-refractivity contribution in [2.24, 2.45) is 5.73 Å². The van der Waals surface area contributed by atoms with Gasteiger partial charge in [0.25, 0.3) is 0 Å². The van der Waals surface area contributed by atoms with Crippen LogP contribution in [-0.4, -0.2) is 15.6 Å². The Morgan fingerprint density at radius 1 is 1.30 bits per heavy atom. The summed E-state index contributed by atoms with van der Waals surface area (Å²) in [7, 11) is 0. The molecule has 1 unspecified atom stereocenters. The molecular formula is C17H23N3. The molecule has 0 saturated heterocycles. The van der Waals surface area contributed by atoms with Crippen LogP contribution in [0, 0.1) is 0 Å². The first-order valence-electron chi connectivity index (χ1n) is 7.57. The van der Waals surface area contributed by atoms with Crippen molar-refractivity contribution in [1.82, 2.24) is 9.55 Å². The molecule has 106 valence electrons. The minimum atomic E-state index is 0.155. The second-order valence-electron chi connectivity index (χ2n) is 5.87. The van der Waals surface area contributed by atoms with Crippen LogP contribution in [0.4, 0.5) is 0 Å². The highest BCUT2D eigenvalue weighted by molar-refractivity contribution is 5.34. The van der Waals surface area contributed by atoms with Crippen LogP contribution in [0.1, 0.15) is 37.6 Å². The summed E-state index contributed by atoms with van der Waals surface area (Å²) in [6.07, 6.45) is 8.34. The lowest BCUT2D eigenvalue weighted by atomic mass is 9.86. The molecule has 1 heterocycles. The number of aryl methyl sites for hydroxylation is 1. The Labute approximate surface area is 120 Å². The second kappa shape index (κ2) is 5.41. The van der Waals surface area contributed by atoms with E-state index in [9.17, 15) is 0 Å². The van der Waals surface area contributed by atoms with Crippen molar-refractivity contribution >= 4 is 0 Å². The first-order valence-corrected chi connectivity index (χ1v) is 7.57. The van der Waals surface area contributed by atoms with Crippen LogP contribution < -0.4 is 5.73 Å². The van der Waals surface area contributed by atoms with Crippen molar-refractivity contribution in [3.63, 3.8) is 0 Å². The van der Waals surface area contributed by atoms with E-state index >= 15 is 0 Å². The molecule has 0 radical (unpaired) electrons. The second-order valence-corrected chi connectivity index (χ2v) is 5.87. The minimum absolute atomic E-state index is 0.155. The van der Waals surface area contributed by atoms with Crippen LogP contribution in [0.3, 0.4) is 0 Å². The molecule has 1 fully saturated rings. The standard InChI is InChI=1S/C17H23N3/c1-2-11-20-12-10-19-16(20)13-15(18)17(8-9-17)14-6-4-3-5-7-14/h3-7,10,12,15H,2,8-9,11,13,18H2,1H3. The van der Waals surface area contributed by atoms with E-state index in [1.54, 1.807) is 0 Å². The fourth-order valence-electron chi connectivity index (χ4n) is 3.14. The summed E-state index contributed by atoms with van der Waals surface area (Å²) in [5.74, 6) is 1.13. The molecule has 1 aliphatic carbocycles. The van der Waals surface area contributed by atoms with E-state index in [1.165, 1.54) is 18.4 Å². The van der Waals surface area contributed by atoms with Crippen molar-refractivity contribution in [1.29, 1.82) is 0 Å². The van der Waals surface area contributed by atoms with Crippen molar-refractivity contribution in [3.05, 3.63) is 54.1 Å². The molecule has 0 aliphatic heterocycles. The van der Waals surface area contributed by atoms with Gasteiger partial charge in [-0.1, -0.05) is 37.3 Å². The number of nitrogens with two attached hydrogens (primary N) is 1. The minimum Gasteiger partial charge on any atom is -0.335 e. The molecule has 0 amide bonds. The number of nitrogens with zero attached hydrogens (tertiary/aromatic N) is 2. The van der Waals surface area contributed by atoms with E-state index in [0.29, 0.717) is 0 Å². The summed E-state index contributed by atoms with van der Waals surface area (Å²) in [5.41, 5.74) is 8.12. The molecule has 3 nitrogen and oxygen atoms in total. The van der Waals surface area contributed by atoms with Crippen LogP contribution >= 0.6 is 0 Å². The van der Waals surface area contributed by atoms with Crippen LogP contribution in [0.5, 0.6) is 0 Å². The highest BCUT2D eigenvalue weighted by atomic mass is 15.1. The van der Waals surface area contributed by atoms with Crippen molar-refractivity contribution in [2.75, 3.05) is 0 Å². The summed E-state index contributed by atoms with van der Waals surface area (Å²) in [5, 5.41) is 0. The Morgan fingerprint density at radius 3 is 2.70 bits per heavy atom. The predicted molar refractivity (Wildman–Crippen MR) is 81.6 cm³/mol. The van der Waals surface area contributed by atoms with Gasteiger partial charge in [0.05, 0.1) is 0 Å². The van der Waals surface area contributed by atoms with Gasteiger partial charge in [0.15, 0.2) is 0 Å². The zero-order valence-electron chi connectivity index (χ0n) is 12.1. The number of imidazole rings is 1. The van der Waals surface area contributed by atoms with Gasteiger partial charge in [-0.3, -0.25) is 0 Å². The average molecular weight is 269 g/mol. The van der Waals surface area contributed by atoms with E-state index < -0.39 is 0 Å². The van der Waals surface area contributed by atoms with E-state index in [1.807, 2.05) is 6.20 Å². The molecule has 1 aromatic carbocycles. The van der Waals surface area contributed by atoms with Crippen molar-refractivity contribution in [3.8, 4) is 0 Å². The first-order chi connectivity index (χ1) is 9.76. The molecule has 3 rings (SSSR count). The van der Waals surface area contributed by atoms with Crippen molar-refractivity contribution in [2.45, 2.75) is 50.6 Å². The molecular weight excluding hydrogens is 246 g/mol. The predicted octanol–water partition coefficient (Wildman–Crippen LogP) is 2.89. The summed E-state index contributed by atoms with van der Waals surface area (Å²) < 4.78 is 2.24. The highest BCUT2D eigenvalue weighted by Gasteiger charge is 2.49. The number of rotatable bonds is 6. The average Bonchev–Trinajstić information content (AvgIpc) is 3.19. The van der Waals surface area contributed by atoms with Crippen LogP contribution in [0.2, 0.25) is 0 Å². The van der Waals surface area contributed by atoms with Gasteiger partial charge in [0.1, 0.15) is 5.82 Å². The summed E-state index contributed by atoms with van der Waals surface area (Å²) in [6, 6.07) is 10.9. The van der Waals surface area contributed by atoms with Crippen LogP contribution in [0.25, 0.3) is 0 Å². The normalized spacial score (nSPS) is 17.9. The molecule has 1 aromatic heterocycles. The smallest absolute Gasteiger partial charge is 0.110 e. The van der Waals surface area contributed by atoms with Gasteiger partial charge >= 0.3 is 0 Å². The summed E-state index contributed by atoms with van der Waals surface area (Å²) in [6.45, 7) is 3.22. The molecule has 0 bridgehead atoms. The first kappa shape index (κ1) is 13.4. The van der Waals surface area contributed by atoms with Gasteiger partial charge in [-0.15, -0.1) is 0 Å². The number of benzene rings is 1. The third kappa shape index (κ3) is 2.38. The molecule has 20 heavy (non-hydrogen) atoms. The molecule has 1 atom stereocenters. The van der Waals surface area contributed by atoms with E-state index in [-0.39, 0.29) is 11.5 Å². The van der Waals surface area contributed by atoms with Crippen LogP contribution in [-0.2, 0) is 18.4 Å². The van der Waals surface area contributed by atoms with Gasteiger partial charge in [0.2, 0.25) is 0 Å². The van der Waals surface area contributed by atoms with Gasteiger partial charge in [0, 0.05) is 36.8 Å².